The minimum Gasteiger partial charge on any atom is -0.490 e. The van der Waals surface area contributed by atoms with Gasteiger partial charge in [-0.1, -0.05) is 26.0 Å². The Morgan fingerprint density at radius 2 is 1.92 bits per heavy atom. The highest BCUT2D eigenvalue weighted by Gasteiger charge is 2.14. The van der Waals surface area contributed by atoms with E-state index in [1.165, 1.54) is 0 Å². The molecule has 0 bridgehead atoms. The van der Waals surface area contributed by atoms with Crippen molar-refractivity contribution >= 4 is 11.7 Å². The second-order valence-electron chi connectivity index (χ2n) is 7.05. The van der Waals surface area contributed by atoms with Gasteiger partial charge in [0, 0.05) is 39.3 Å². The summed E-state index contributed by atoms with van der Waals surface area (Å²) in [5.74, 6) is 1.29. The molecule has 0 atom stereocenters. The zero-order chi connectivity index (χ0) is 18.1. The van der Waals surface area contributed by atoms with Crippen molar-refractivity contribution in [2.75, 3.05) is 58.2 Å². The Bertz CT molecular complexity index is 528. The molecule has 0 radical (unpaired) electrons. The van der Waals surface area contributed by atoms with Gasteiger partial charge in [-0.05, 0) is 31.5 Å². The van der Waals surface area contributed by atoms with Crippen LogP contribution in [-0.2, 0) is 0 Å². The van der Waals surface area contributed by atoms with Crippen LogP contribution in [0.1, 0.15) is 20.3 Å². The Labute approximate surface area is 151 Å². The molecule has 0 saturated carbocycles. The summed E-state index contributed by atoms with van der Waals surface area (Å²) < 4.78 is 5.91. The molecule has 2 amide bonds. The molecule has 0 aliphatic carbocycles. The van der Waals surface area contributed by atoms with Gasteiger partial charge in [-0.25, -0.2) is 4.79 Å². The van der Waals surface area contributed by atoms with Crippen molar-refractivity contribution in [2.24, 2.45) is 5.92 Å². The lowest BCUT2D eigenvalue weighted by atomic mass is 10.1. The van der Waals surface area contributed by atoms with Crippen LogP contribution in [0.15, 0.2) is 24.3 Å². The summed E-state index contributed by atoms with van der Waals surface area (Å²) in [7, 11) is 2.15. The highest BCUT2D eigenvalue weighted by molar-refractivity contribution is 5.90. The quantitative estimate of drug-likeness (QED) is 0.758. The number of nitrogens with one attached hydrogen (secondary N) is 2. The number of para-hydroxylation sites is 2. The number of amides is 2. The number of carbonyl (C=O) groups excluding carboxylic acids is 1. The average molecular weight is 348 g/mol. The van der Waals surface area contributed by atoms with Gasteiger partial charge >= 0.3 is 6.03 Å². The highest BCUT2D eigenvalue weighted by Crippen LogP contribution is 2.23. The van der Waals surface area contributed by atoms with E-state index >= 15 is 0 Å². The minimum atomic E-state index is -0.184. The number of anilines is 1. The molecular weight excluding hydrogens is 316 g/mol. The molecule has 2 N–H and O–H groups in total. The molecule has 6 nitrogen and oxygen atoms in total. The molecule has 140 valence electrons. The van der Waals surface area contributed by atoms with Gasteiger partial charge in [-0.15, -0.1) is 0 Å². The Kier molecular flexibility index (Phi) is 8.01. The van der Waals surface area contributed by atoms with E-state index in [2.05, 4.69) is 41.3 Å². The molecule has 1 aliphatic rings. The number of carbonyl (C=O) groups is 1. The smallest absolute Gasteiger partial charge is 0.319 e. The van der Waals surface area contributed by atoms with E-state index in [-0.39, 0.29) is 6.03 Å². The molecular formula is C19H32N4O2. The molecule has 1 heterocycles. The molecule has 1 aromatic carbocycles. The third kappa shape index (κ3) is 7.32. The van der Waals surface area contributed by atoms with Gasteiger partial charge in [-0.2, -0.15) is 0 Å². The molecule has 1 aromatic rings. The minimum absolute atomic E-state index is 0.184. The second kappa shape index (κ2) is 10.3. The van der Waals surface area contributed by atoms with Crippen LogP contribution in [0.3, 0.4) is 0 Å². The Morgan fingerprint density at radius 3 is 2.64 bits per heavy atom. The predicted molar refractivity (Wildman–Crippen MR) is 102 cm³/mol. The first kappa shape index (κ1) is 19.5. The van der Waals surface area contributed by atoms with E-state index in [1.54, 1.807) is 0 Å². The van der Waals surface area contributed by atoms with Crippen molar-refractivity contribution in [1.82, 2.24) is 15.1 Å². The zero-order valence-electron chi connectivity index (χ0n) is 15.8. The summed E-state index contributed by atoms with van der Waals surface area (Å²) in [4.78, 5) is 16.8. The summed E-state index contributed by atoms with van der Waals surface area (Å²) in [6.07, 6.45) is 0.969. The number of rotatable bonds is 8. The van der Waals surface area contributed by atoms with E-state index in [0.29, 0.717) is 24.8 Å². The number of benzene rings is 1. The SMILES string of the molecule is CC(C)CCNC(=O)Nc1ccccc1OCCN1CCN(C)CC1. The Morgan fingerprint density at radius 1 is 1.20 bits per heavy atom. The van der Waals surface area contributed by atoms with Crippen molar-refractivity contribution in [3.63, 3.8) is 0 Å². The number of hydrogen-bond acceptors (Lipinski definition) is 4. The fourth-order valence-electron chi connectivity index (χ4n) is 2.69. The van der Waals surface area contributed by atoms with Crippen molar-refractivity contribution in [1.29, 1.82) is 0 Å². The summed E-state index contributed by atoms with van der Waals surface area (Å²) in [5.41, 5.74) is 0.711. The van der Waals surface area contributed by atoms with Gasteiger partial charge in [0.15, 0.2) is 0 Å². The molecule has 6 heteroatoms. The fourth-order valence-corrected chi connectivity index (χ4v) is 2.69. The molecule has 0 aromatic heterocycles. The number of piperazine rings is 1. The van der Waals surface area contributed by atoms with Crippen LogP contribution in [0, 0.1) is 5.92 Å². The lowest BCUT2D eigenvalue weighted by Crippen LogP contribution is -2.45. The Balaban J connectivity index is 1.76. The van der Waals surface area contributed by atoms with E-state index in [1.807, 2.05) is 24.3 Å². The van der Waals surface area contributed by atoms with Crippen LogP contribution in [0.2, 0.25) is 0 Å². The maximum absolute atomic E-state index is 12.0. The summed E-state index contributed by atoms with van der Waals surface area (Å²) in [6, 6.07) is 7.40. The summed E-state index contributed by atoms with van der Waals surface area (Å²) in [6.45, 7) is 10.9. The van der Waals surface area contributed by atoms with Crippen LogP contribution in [0.5, 0.6) is 5.75 Å². The predicted octanol–water partition coefficient (Wildman–Crippen LogP) is 2.48. The summed E-state index contributed by atoms with van der Waals surface area (Å²) in [5, 5.41) is 5.77. The third-order valence-electron chi connectivity index (χ3n) is 4.40. The van der Waals surface area contributed by atoms with Crippen molar-refractivity contribution < 1.29 is 9.53 Å². The van der Waals surface area contributed by atoms with E-state index < -0.39 is 0 Å². The van der Waals surface area contributed by atoms with Gasteiger partial charge in [-0.3, -0.25) is 4.90 Å². The molecule has 0 unspecified atom stereocenters. The number of likely N-dealkylation sites (N-methyl/N-ethyl adjacent to an activating group) is 1. The largest absolute Gasteiger partial charge is 0.490 e. The van der Waals surface area contributed by atoms with Gasteiger partial charge in [0.1, 0.15) is 12.4 Å². The number of hydrogen-bond donors (Lipinski definition) is 2. The normalized spacial score (nSPS) is 16.0. The number of urea groups is 1. The molecule has 1 saturated heterocycles. The van der Waals surface area contributed by atoms with Gasteiger partial charge in [0.05, 0.1) is 5.69 Å². The third-order valence-corrected chi connectivity index (χ3v) is 4.40. The number of nitrogens with zero attached hydrogens (tertiary/aromatic N) is 2. The second-order valence-corrected chi connectivity index (χ2v) is 7.05. The first-order valence-electron chi connectivity index (χ1n) is 9.22. The first-order valence-corrected chi connectivity index (χ1v) is 9.22. The van der Waals surface area contributed by atoms with Crippen LogP contribution in [0.25, 0.3) is 0 Å². The zero-order valence-corrected chi connectivity index (χ0v) is 15.8. The average Bonchev–Trinajstić information content (AvgIpc) is 2.58. The highest BCUT2D eigenvalue weighted by atomic mass is 16.5. The number of ether oxygens (including phenoxy) is 1. The summed E-state index contributed by atoms with van der Waals surface area (Å²) >= 11 is 0. The maximum atomic E-state index is 12.0. The van der Waals surface area contributed by atoms with Crippen molar-refractivity contribution in [3.05, 3.63) is 24.3 Å². The topological polar surface area (TPSA) is 56.8 Å². The standard InChI is InChI=1S/C19H32N4O2/c1-16(2)8-9-20-19(24)21-17-6-4-5-7-18(17)25-15-14-23-12-10-22(3)11-13-23/h4-7,16H,8-15H2,1-3H3,(H2,20,21,24). The molecule has 1 fully saturated rings. The van der Waals surface area contributed by atoms with E-state index in [9.17, 15) is 4.79 Å². The van der Waals surface area contributed by atoms with Crippen LogP contribution < -0.4 is 15.4 Å². The lowest BCUT2D eigenvalue weighted by Gasteiger charge is -2.32. The van der Waals surface area contributed by atoms with Crippen LogP contribution in [-0.4, -0.2) is 68.8 Å². The molecule has 2 rings (SSSR count). The van der Waals surface area contributed by atoms with E-state index in [4.69, 9.17) is 4.74 Å². The van der Waals surface area contributed by atoms with Crippen molar-refractivity contribution in [2.45, 2.75) is 20.3 Å². The molecule has 0 spiro atoms. The fraction of sp³-hybridized carbons (Fsp3) is 0.632. The monoisotopic (exact) mass is 348 g/mol. The van der Waals surface area contributed by atoms with E-state index in [0.717, 1.165) is 44.9 Å². The van der Waals surface area contributed by atoms with Gasteiger partial charge < -0.3 is 20.3 Å². The first-order chi connectivity index (χ1) is 12.0. The van der Waals surface area contributed by atoms with Crippen LogP contribution >= 0.6 is 0 Å². The maximum Gasteiger partial charge on any atom is 0.319 e. The van der Waals surface area contributed by atoms with Crippen molar-refractivity contribution in [3.8, 4) is 5.75 Å². The molecule has 25 heavy (non-hydrogen) atoms. The Hall–Kier alpha value is -1.79. The van der Waals surface area contributed by atoms with Crippen LogP contribution in [0.4, 0.5) is 10.5 Å². The molecule has 1 aliphatic heterocycles. The lowest BCUT2D eigenvalue weighted by molar-refractivity contribution is 0.134. The van der Waals surface area contributed by atoms with Gasteiger partial charge in [0.2, 0.25) is 0 Å². The van der Waals surface area contributed by atoms with Gasteiger partial charge in [0.25, 0.3) is 0 Å².